The van der Waals surface area contributed by atoms with Crippen molar-refractivity contribution < 1.29 is 9.47 Å². The van der Waals surface area contributed by atoms with E-state index in [0.717, 1.165) is 5.03 Å². The molecular formula is C8H15ClO2. The summed E-state index contributed by atoms with van der Waals surface area (Å²) in [6, 6.07) is 0. The van der Waals surface area contributed by atoms with E-state index in [1.54, 1.807) is 7.11 Å². The van der Waals surface area contributed by atoms with E-state index in [9.17, 15) is 0 Å². The summed E-state index contributed by atoms with van der Waals surface area (Å²) >= 11 is 5.64. The third kappa shape index (κ3) is 7.85. The molecule has 3 heteroatoms. The Morgan fingerprint density at radius 1 is 1.55 bits per heavy atom. The van der Waals surface area contributed by atoms with Crippen molar-refractivity contribution in [3.63, 3.8) is 0 Å². The Kier molecular flexibility index (Phi) is 6.62. The highest BCUT2D eigenvalue weighted by Gasteiger charge is 1.96. The first kappa shape index (κ1) is 11.0. The molecular weight excluding hydrogens is 164 g/mol. The van der Waals surface area contributed by atoms with Crippen molar-refractivity contribution in [2.75, 3.05) is 20.3 Å². The lowest BCUT2D eigenvalue weighted by molar-refractivity contribution is 0.0473. The highest BCUT2D eigenvalue weighted by Crippen LogP contribution is 2.02. The van der Waals surface area contributed by atoms with Gasteiger partial charge in [0.05, 0.1) is 19.3 Å². The van der Waals surface area contributed by atoms with Crippen LogP contribution >= 0.6 is 11.6 Å². The maximum atomic E-state index is 5.64. The predicted molar refractivity (Wildman–Crippen MR) is 46.9 cm³/mol. The number of allylic oxidation sites excluding steroid dienone is 1. The Labute approximate surface area is 73.1 Å². The predicted octanol–water partition coefficient (Wildman–Crippen LogP) is 2.18. The molecule has 66 valence electrons. The topological polar surface area (TPSA) is 18.5 Å². The molecule has 0 spiro atoms. The van der Waals surface area contributed by atoms with Gasteiger partial charge in [0.1, 0.15) is 0 Å². The molecule has 0 rings (SSSR count). The van der Waals surface area contributed by atoms with Crippen LogP contribution in [0.5, 0.6) is 0 Å². The molecule has 0 aromatic carbocycles. The lowest BCUT2D eigenvalue weighted by Crippen LogP contribution is -2.09. The molecule has 1 unspecified atom stereocenters. The van der Waals surface area contributed by atoms with E-state index in [-0.39, 0.29) is 6.10 Å². The fraction of sp³-hybridized carbons (Fsp3) is 0.750. The summed E-state index contributed by atoms with van der Waals surface area (Å²) in [4.78, 5) is 0. The summed E-state index contributed by atoms with van der Waals surface area (Å²) in [5.74, 6) is 0. The van der Waals surface area contributed by atoms with E-state index < -0.39 is 0 Å². The zero-order valence-corrected chi connectivity index (χ0v) is 8.02. The van der Waals surface area contributed by atoms with Crippen molar-refractivity contribution in [3.8, 4) is 0 Å². The maximum absolute atomic E-state index is 5.64. The first-order valence-electron chi connectivity index (χ1n) is 3.61. The Bertz CT molecular complexity index is 119. The third-order valence-electron chi connectivity index (χ3n) is 1.13. The first-order valence-corrected chi connectivity index (χ1v) is 3.99. The molecule has 0 amide bonds. The van der Waals surface area contributed by atoms with E-state index in [0.29, 0.717) is 13.2 Å². The lowest BCUT2D eigenvalue weighted by atomic mass is 10.3. The van der Waals surface area contributed by atoms with Gasteiger partial charge in [-0.1, -0.05) is 11.6 Å². The normalized spacial score (nSPS) is 15.1. The molecule has 1 atom stereocenters. The van der Waals surface area contributed by atoms with Crippen LogP contribution in [0.25, 0.3) is 0 Å². The van der Waals surface area contributed by atoms with Crippen molar-refractivity contribution in [1.29, 1.82) is 0 Å². The second-order valence-corrected chi connectivity index (χ2v) is 2.92. The van der Waals surface area contributed by atoms with Crippen LogP contribution < -0.4 is 0 Å². The maximum Gasteiger partial charge on any atom is 0.0742 e. The van der Waals surface area contributed by atoms with E-state index in [1.807, 2.05) is 19.9 Å². The van der Waals surface area contributed by atoms with Gasteiger partial charge in [-0.2, -0.15) is 0 Å². The lowest BCUT2D eigenvalue weighted by Gasteiger charge is -2.07. The Hall–Kier alpha value is -0.0500. The molecule has 0 heterocycles. The second-order valence-electron chi connectivity index (χ2n) is 2.32. The largest absolute Gasteiger partial charge is 0.382 e. The molecule has 2 nitrogen and oxygen atoms in total. The molecule has 0 aliphatic carbocycles. The van der Waals surface area contributed by atoms with Gasteiger partial charge in [0.25, 0.3) is 0 Å². The molecule has 11 heavy (non-hydrogen) atoms. The van der Waals surface area contributed by atoms with E-state index in [4.69, 9.17) is 21.1 Å². The first-order chi connectivity index (χ1) is 5.16. The molecule has 0 bridgehead atoms. The SMILES string of the molecule is COCCOC(C)/C=C(/C)Cl. The summed E-state index contributed by atoms with van der Waals surface area (Å²) in [7, 11) is 1.65. The number of halogens is 1. The van der Waals surface area contributed by atoms with Gasteiger partial charge in [0.2, 0.25) is 0 Å². The minimum atomic E-state index is 0.0719. The van der Waals surface area contributed by atoms with Gasteiger partial charge in [-0.25, -0.2) is 0 Å². The standard InChI is InChI=1S/C8H15ClO2/c1-7(9)6-8(2)11-5-4-10-3/h6,8H,4-5H2,1-3H3/b7-6-. The minimum absolute atomic E-state index is 0.0719. The fourth-order valence-corrected chi connectivity index (χ4v) is 0.866. The van der Waals surface area contributed by atoms with Crippen molar-refractivity contribution in [3.05, 3.63) is 11.1 Å². The third-order valence-corrected chi connectivity index (χ3v) is 1.26. The summed E-state index contributed by atoms with van der Waals surface area (Å²) in [6.45, 7) is 5.01. The van der Waals surface area contributed by atoms with Gasteiger partial charge >= 0.3 is 0 Å². The van der Waals surface area contributed by atoms with E-state index in [2.05, 4.69) is 0 Å². The van der Waals surface area contributed by atoms with Crippen LogP contribution in [0.2, 0.25) is 0 Å². The number of hydrogen-bond acceptors (Lipinski definition) is 2. The van der Waals surface area contributed by atoms with Crippen LogP contribution in [-0.4, -0.2) is 26.4 Å². The zero-order chi connectivity index (χ0) is 8.69. The van der Waals surface area contributed by atoms with Crippen LogP contribution in [0.4, 0.5) is 0 Å². The van der Waals surface area contributed by atoms with Gasteiger partial charge in [0, 0.05) is 12.1 Å². The molecule has 0 N–H and O–H groups in total. The number of methoxy groups -OCH3 is 1. The number of rotatable bonds is 5. The summed E-state index contributed by atoms with van der Waals surface area (Å²) in [6.07, 6.45) is 1.93. The molecule has 0 aliphatic rings. The number of ether oxygens (including phenoxy) is 2. The molecule has 0 fully saturated rings. The second kappa shape index (κ2) is 6.65. The van der Waals surface area contributed by atoms with Gasteiger partial charge in [-0.3, -0.25) is 0 Å². The van der Waals surface area contributed by atoms with E-state index >= 15 is 0 Å². The van der Waals surface area contributed by atoms with Crippen molar-refractivity contribution in [2.45, 2.75) is 20.0 Å². The molecule has 0 aliphatic heterocycles. The van der Waals surface area contributed by atoms with Gasteiger partial charge < -0.3 is 9.47 Å². The van der Waals surface area contributed by atoms with Crippen LogP contribution in [0, 0.1) is 0 Å². The van der Waals surface area contributed by atoms with Crippen LogP contribution in [0.15, 0.2) is 11.1 Å². The summed E-state index contributed by atoms with van der Waals surface area (Å²) in [5.41, 5.74) is 0. The van der Waals surface area contributed by atoms with Gasteiger partial charge in [-0.15, -0.1) is 0 Å². The van der Waals surface area contributed by atoms with E-state index in [1.165, 1.54) is 0 Å². The quantitative estimate of drug-likeness (QED) is 0.601. The smallest absolute Gasteiger partial charge is 0.0742 e. The Balaban J connectivity index is 3.37. The minimum Gasteiger partial charge on any atom is -0.382 e. The molecule has 0 saturated carbocycles. The van der Waals surface area contributed by atoms with Crippen molar-refractivity contribution in [2.24, 2.45) is 0 Å². The molecule has 0 radical (unpaired) electrons. The number of hydrogen-bond donors (Lipinski definition) is 0. The average Bonchev–Trinajstić information content (AvgIpc) is 1.86. The van der Waals surface area contributed by atoms with Crippen molar-refractivity contribution in [1.82, 2.24) is 0 Å². The van der Waals surface area contributed by atoms with Crippen LogP contribution in [-0.2, 0) is 9.47 Å². The van der Waals surface area contributed by atoms with Crippen LogP contribution in [0.3, 0.4) is 0 Å². The fourth-order valence-electron chi connectivity index (χ4n) is 0.689. The van der Waals surface area contributed by atoms with Gasteiger partial charge in [0.15, 0.2) is 0 Å². The molecule has 0 aromatic heterocycles. The Morgan fingerprint density at radius 3 is 2.64 bits per heavy atom. The zero-order valence-electron chi connectivity index (χ0n) is 7.26. The highest BCUT2D eigenvalue weighted by atomic mass is 35.5. The Morgan fingerprint density at radius 2 is 2.18 bits per heavy atom. The highest BCUT2D eigenvalue weighted by molar-refractivity contribution is 6.29. The molecule has 0 saturated heterocycles. The monoisotopic (exact) mass is 178 g/mol. The van der Waals surface area contributed by atoms with Crippen LogP contribution in [0.1, 0.15) is 13.8 Å². The average molecular weight is 179 g/mol. The summed E-state index contributed by atoms with van der Waals surface area (Å²) < 4.78 is 10.1. The molecule has 0 aromatic rings. The van der Waals surface area contributed by atoms with Gasteiger partial charge in [-0.05, 0) is 19.9 Å². The van der Waals surface area contributed by atoms with Crippen molar-refractivity contribution >= 4 is 11.6 Å². The summed E-state index contributed by atoms with van der Waals surface area (Å²) in [5, 5.41) is 0.759.